The lowest BCUT2D eigenvalue weighted by Gasteiger charge is -2.27. The molecular formula is C17H25N7O. The standard InChI is InChI=1S/C17H25N7O/c1-13(16-22-20-12-23(16)2)21-17(25)19-11-14-6-7-18-15(10-14)24-8-4-3-5-9-24/h6-7,10,12-13H,3-5,8-9,11H2,1-2H3,(H2,19,21,25)/t13-/m1/s1. The molecule has 25 heavy (non-hydrogen) atoms. The van der Waals surface area contributed by atoms with E-state index in [0.717, 1.165) is 24.5 Å². The average Bonchev–Trinajstić information content (AvgIpc) is 3.07. The summed E-state index contributed by atoms with van der Waals surface area (Å²) in [6.45, 7) is 4.45. The number of pyridine rings is 1. The SMILES string of the molecule is C[C@@H](NC(=O)NCc1ccnc(N2CCCCC2)c1)c1nncn1C. The zero-order valence-electron chi connectivity index (χ0n) is 14.8. The van der Waals surface area contributed by atoms with E-state index in [4.69, 9.17) is 0 Å². The summed E-state index contributed by atoms with van der Waals surface area (Å²) in [5, 5.41) is 13.6. The van der Waals surface area contributed by atoms with E-state index in [1.54, 1.807) is 17.1 Å². The predicted octanol–water partition coefficient (Wildman–Crippen LogP) is 1.76. The third-order valence-corrected chi connectivity index (χ3v) is 4.42. The Morgan fingerprint density at radius 1 is 1.32 bits per heavy atom. The number of piperidine rings is 1. The van der Waals surface area contributed by atoms with Crippen LogP contribution in [0.4, 0.5) is 10.6 Å². The molecule has 0 saturated carbocycles. The van der Waals surface area contributed by atoms with E-state index >= 15 is 0 Å². The van der Waals surface area contributed by atoms with Gasteiger partial charge in [0.2, 0.25) is 0 Å². The number of urea groups is 1. The molecule has 1 fully saturated rings. The van der Waals surface area contributed by atoms with E-state index in [1.807, 2.05) is 20.0 Å². The van der Waals surface area contributed by atoms with Crippen molar-refractivity contribution in [2.24, 2.45) is 7.05 Å². The van der Waals surface area contributed by atoms with Crippen molar-refractivity contribution < 1.29 is 4.79 Å². The minimum absolute atomic E-state index is 0.214. The highest BCUT2D eigenvalue weighted by Crippen LogP contribution is 2.18. The van der Waals surface area contributed by atoms with E-state index in [9.17, 15) is 4.79 Å². The van der Waals surface area contributed by atoms with E-state index in [-0.39, 0.29) is 12.1 Å². The van der Waals surface area contributed by atoms with Gasteiger partial charge < -0.3 is 20.1 Å². The summed E-state index contributed by atoms with van der Waals surface area (Å²) in [6, 6.07) is 3.54. The molecule has 3 heterocycles. The summed E-state index contributed by atoms with van der Waals surface area (Å²) in [4.78, 5) is 18.9. The number of hydrogen-bond donors (Lipinski definition) is 2. The first-order valence-corrected chi connectivity index (χ1v) is 8.71. The van der Waals surface area contributed by atoms with Crippen LogP contribution in [-0.2, 0) is 13.6 Å². The van der Waals surface area contributed by atoms with Gasteiger partial charge >= 0.3 is 6.03 Å². The van der Waals surface area contributed by atoms with Gasteiger partial charge in [0.1, 0.15) is 12.1 Å². The van der Waals surface area contributed by atoms with Gasteiger partial charge in [0, 0.05) is 32.9 Å². The van der Waals surface area contributed by atoms with Crippen molar-refractivity contribution in [3.63, 3.8) is 0 Å². The maximum atomic E-state index is 12.1. The average molecular weight is 343 g/mol. The summed E-state index contributed by atoms with van der Waals surface area (Å²) in [5.41, 5.74) is 1.04. The molecule has 0 unspecified atom stereocenters. The van der Waals surface area contributed by atoms with Crippen LogP contribution >= 0.6 is 0 Å². The molecular weight excluding hydrogens is 318 g/mol. The fourth-order valence-corrected chi connectivity index (χ4v) is 3.05. The quantitative estimate of drug-likeness (QED) is 0.864. The second kappa shape index (κ2) is 7.96. The third kappa shape index (κ3) is 4.46. The Morgan fingerprint density at radius 3 is 2.84 bits per heavy atom. The van der Waals surface area contributed by atoms with Crippen LogP contribution in [0, 0.1) is 0 Å². The van der Waals surface area contributed by atoms with E-state index in [2.05, 4.69) is 36.8 Å². The van der Waals surface area contributed by atoms with Crippen LogP contribution in [0.25, 0.3) is 0 Å². The van der Waals surface area contributed by atoms with Gasteiger partial charge in [0.25, 0.3) is 0 Å². The van der Waals surface area contributed by atoms with Crippen LogP contribution in [0.2, 0.25) is 0 Å². The lowest BCUT2D eigenvalue weighted by atomic mass is 10.1. The van der Waals surface area contributed by atoms with E-state index < -0.39 is 0 Å². The highest BCUT2D eigenvalue weighted by molar-refractivity contribution is 5.74. The normalized spacial score (nSPS) is 15.7. The fraction of sp³-hybridized carbons (Fsp3) is 0.529. The zero-order valence-corrected chi connectivity index (χ0v) is 14.8. The molecule has 134 valence electrons. The van der Waals surface area contributed by atoms with Crippen molar-refractivity contribution in [2.45, 2.75) is 38.8 Å². The predicted molar refractivity (Wildman–Crippen MR) is 95.1 cm³/mol. The summed E-state index contributed by atoms with van der Waals surface area (Å²) < 4.78 is 1.79. The van der Waals surface area contributed by atoms with Crippen molar-refractivity contribution in [3.05, 3.63) is 36.0 Å². The van der Waals surface area contributed by atoms with Gasteiger partial charge in [-0.25, -0.2) is 9.78 Å². The number of nitrogens with zero attached hydrogens (tertiary/aromatic N) is 5. The van der Waals surface area contributed by atoms with Crippen molar-refractivity contribution in [2.75, 3.05) is 18.0 Å². The molecule has 1 saturated heterocycles. The number of amides is 2. The number of aryl methyl sites for hydroxylation is 1. The van der Waals surface area contributed by atoms with Crippen LogP contribution in [0.5, 0.6) is 0 Å². The summed E-state index contributed by atoms with van der Waals surface area (Å²) in [6.07, 6.45) is 7.15. The van der Waals surface area contributed by atoms with E-state index in [0.29, 0.717) is 12.4 Å². The van der Waals surface area contributed by atoms with Gasteiger partial charge in [0.15, 0.2) is 5.82 Å². The van der Waals surface area contributed by atoms with Gasteiger partial charge in [-0.05, 0) is 43.9 Å². The molecule has 0 aliphatic carbocycles. The molecule has 2 N–H and O–H groups in total. The van der Waals surface area contributed by atoms with Crippen molar-refractivity contribution in [1.29, 1.82) is 0 Å². The van der Waals surface area contributed by atoms with Gasteiger partial charge in [-0.2, -0.15) is 0 Å². The molecule has 0 aromatic carbocycles. The Kier molecular flexibility index (Phi) is 5.47. The largest absolute Gasteiger partial charge is 0.357 e. The van der Waals surface area contributed by atoms with Gasteiger partial charge in [-0.3, -0.25) is 0 Å². The molecule has 1 aliphatic heterocycles. The number of anilines is 1. The number of rotatable bonds is 5. The fourth-order valence-electron chi connectivity index (χ4n) is 3.05. The van der Waals surface area contributed by atoms with Crippen molar-refractivity contribution >= 4 is 11.8 Å². The first kappa shape index (κ1) is 17.2. The summed E-state index contributed by atoms with van der Waals surface area (Å²) in [5.74, 6) is 1.71. The van der Waals surface area contributed by atoms with Gasteiger partial charge in [0.05, 0.1) is 6.04 Å². The maximum absolute atomic E-state index is 12.1. The Labute approximate surface area is 147 Å². The monoisotopic (exact) mass is 343 g/mol. The highest BCUT2D eigenvalue weighted by atomic mass is 16.2. The van der Waals surface area contributed by atoms with Crippen LogP contribution < -0.4 is 15.5 Å². The first-order chi connectivity index (χ1) is 12.1. The second-order valence-corrected chi connectivity index (χ2v) is 6.42. The van der Waals surface area contributed by atoms with Crippen LogP contribution in [0.3, 0.4) is 0 Å². The number of carbonyl (C=O) groups excluding carboxylic acids is 1. The molecule has 0 spiro atoms. The first-order valence-electron chi connectivity index (χ1n) is 8.71. The van der Waals surface area contributed by atoms with Crippen LogP contribution in [0.15, 0.2) is 24.7 Å². The Morgan fingerprint density at radius 2 is 2.12 bits per heavy atom. The third-order valence-electron chi connectivity index (χ3n) is 4.42. The number of aromatic nitrogens is 4. The smallest absolute Gasteiger partial charge is 0.315 e. The Bertz CT molecular complexity index is 709. The number of carbonyl (C=O) groups is 1. The number of nitrogens with one attached hydrogen (secondary N) is 2. The molecule has 1 atom stereocenters. The molecule has 8 nitrogen and oxygen atoms in total. The minimum atomic E-state index is -0.230. The maximum Gasteiger partial charge on any atom is 0.315 e. The minimum Gasteiger partial charge on any atom is -0.357 e. The molecule has 2 aromatic rings. The molecule has 0 bridgehead atoms. The summed E-state index contributed by atoms with van der Waals surface area (Å²) in [7, 11) is 1.85. The molecule has 0 radical (unpaired) electrons. The van der Waals surface area contributed by atoms with Gasteiger partial charge in [-0.15, -0.1) is 10.2 Å². The van der Waals surface area contributed by atoms with Crippen LogP contribution in [0.1, 0.15) is 43.6 Å². The number of hydrogen-bond acceptors (Lipinski definition) is 5. The molecule has 3 rings (SSSR count). The molecule has 2 amide bonds. The Hall–Kier alpha value is -2.64. The Balaban J connectivity index is 1.52. The van der Waals surface area contributed by atoms with Crippen LogP contribution in [-0.4, -0.2) is 38.9 Å². The second-order valence-electron chi connectivity index (χ2n) is 6.42. The molecule has 2 aromatic heterocycles. The molecule has 1 aliphatic rings. The van der Waals surface area contributed by atoms with Crippen molar-refractivity contribution in [3.8, 4) is 0 Å². The highest BCUT2D eigenvalue weighted by Gasteiger charge is 2.15. The van der Waals surface area contributed by atoms with Crippen molar-refractivity contribution in [1.82, 2.24) is 30.4 Å². The lowest BCUT2D eigenvalue weighted by molar-refractivity contribution is 0.237. The zero-order chi connectivity index (χ0) is 17.6. The molecule has 8 heteroatoms. The lowest BCUT2D eigenvalue weighted by Crippen LogP contribution is -2.37. The summed E-state index contributed by atoms with van der Waals surface area (Å²) >= 11 is 0. The van der Waals surface area contributed by atoms with E-state index in [1.165, 1.54) is 19.3 Å². The van der Waals surface area contributed by atoms with Gasteiger partial charge in [-0.1, -0.05) is 0 Å². The topological polar surface area (TPSA) is 88.0 Å².